The molecule has 1 saturated carbocycles. The van der Waals surface area contributed by atoms with Crippen molar-refractivity contribution in [3.8, 4) is 0 Å². The summed E-state index contributed by atoms with van der Waals surface area (Å²) in [6.45, 7) is 0.734. The van der Waals surface area contributed by atoms with Crippen molar-refractivity contribution < 1.29 is 0 Å². The molecule has 0 amide bonds. The molecule has 0 saturated heterocycles. The number of nitrogens with zero attached hydrogens (tertiary/aromatic N) is 1. The highest BCUT2D eigenvalue weighted by atomic mass is 32.1. The summed E-state index contributed by atoms with van der Waals surface area (Å²) in [5.74, 6) is 0. The second kappa shape index (κ2) is 6.35. The van der Waals surface area contributed by atoms with Gasteiger partial charge < -0.3 is 5.32 Å². The maximum atomic E-state index is 5.16. The van der Waals surface area contributed by atoms with Gasteiger partial charge in [0.05, 0.1) is 0 Å². The third-order valence-corrected chi connectivity index (χ3v) is 3.03. The third-order valence-electron chi connectivity index (χ3n) is 2.79. The first kappa shape index (κ1) is 12.0. The van der Waals surface area contributed by atoms with Crippen molar-refractivity contribution in [2.24, 2.45) is 5.10 Å². The first-order chi connectivity index (χ1) is 8.34. The zero-order chi connectivity index (χ0) is 11.9. The molecule has 2 N–H and O–H groups in total. The number of hydrogen-bond acceptors (Lipinski definition) is 2. The lowest BCUT2D eigenvalue weighted by molar-refractivity contribution is 0.864. The summed E-state index contributed by atoms with van der Waals surface area (Å²) in [4.78, 5) is 0. The van der Waals surface area contributed by atoms with Crippen LogP contribution in [0.3, 0.4) is 0 Å². The molecule has 0 spiro atoms. The van der Waals surface area contributed by atoms with Gasteiger partial charge in [0.1, 0.15) is 0 Å². The monoisotopic (exact) mass is 247 g/mol. The lowest BCUT2D eigenvalue weighted by atomic mass is 10.2. The Labute approximate surface area is 107 Å². The molecule has 4 heteroatoms. The van der Waals surface area contributed by atoms with Crippen LogP contribution in [0.5, 0.6) is 0 Å². The summed E-state index contributed by atoms with van der Waals surface area (Å²) >= 11 is 5.16. The second-order valence-corrected chi connectivity index (χ2v) is 4.57. The maximum absolute atomic E-state index is 5.16. The molecule has 90 valence electrons. The van der Waals surface area contributed by atoms with E-state index in [-0.39, 0.29) is 0 Å². The van der Waals surface area contributed by atoms with Gasteiger partial charge in [-0.2, -0.15) is 5.10 Å². The average Bonchev–Trinajstić information content (AvgIpc) is 2.88. The van der Waals surface area contributed by atoms with Gasteiger partial charge in [0.2, 0.25) is 0 Å². The molecule has 1 aliphatic carbocycles. The fourth-order valence-electron chi connectivity index (χ4n) is 1.84. The fourth-order valence-corrected chi connectivity index (χ4v) is 1.96. The van der Waals surface area contributed by atoms with Gasteiger partial charge in [0, 0.05) is 12.3 Å². The normalized spacial score (nSPS) is 14.5. The highest BCUT2D eigenvalue weighted by Gasteiger charge is 2.07. The van der Waals surface area contributed by atoms with Gasteiger partial charge in [0.15, 0.2) is 5.11 Å². The second-order valence-electron chi connectivity index (χ2n) is 4.17. The molecular formula is C13H17N3S. The summed E-state index contributed by atoms with van der Waals surface area (Å²) < 4.78 is 0. The van der Waals surface area contributed by atoms with Gasteiger partial charge in [-0.3, -0.25) is 5.43 Å². The quantitative estimate of drug-likeness (QED) is 0.636. The smallest absolute Gasteiger partial charge is 0.187 e. The van der Waals surface area contributed by atoms with Crippen LogP contribution in [-0.4, -0.2) is 10.8 Å². The molecule has 3 nitrogen and oxygen atoms in total. The zero-order valence-electron chi connectivity index (χ0n) is 9.78. The minimum absolute atomic E-state index is 0.591. The molecule has 0 aromatic heterocycles. The van der Waals surface area contributed by atoms with Crippen LogP contribution < -0.4 is 10.7 Å². The van der Waals surface area contributed by atoms with E-state index in [2.05, 4.69) is 28.0 Å². The first-order valence-electron chi connectivity index (χ1n) is 5.98. The van der Waals surface area contributed by atoms with E-state index in [1.807, 2.05) is 18.2 Å². The predicted octanol–water partition coefficient (Wildman–Crippen LogP) is 2.58. The van der Waals surface area contributed by atoms with E-state index in [0.717, 1.165) is 19.4 Å². The molecular weight excluding hydrogens is 230 g/mol. The molecule has 0 atom stereocenters. The Morgan fingerprint density at radius 2 is 1.88 bits per heavy atom. The van der Waals surface area contributed by atoms with E-state index in [4.69, 9.17) is 12.2 Å². The van der Waals surface area contributed by atoms with Crippen molar-refractivity contribution in [1.29, 1.82) is 0 Å². The van der Waals surface area contributed by atoms with Gasteiger partial charge in [-0.15, -0.1) is 0 Å². The van der Waals surface area contributed by atoms with Gasteiger partial charge in [-0.25, -0.2) is 0 Å². The standard InChI is InChI=1S/C13H17N3S/c17-13(16-15-12-8-4-5-9-12)14-10-11-6-2-1-3-7-11/h1-3,6-7H,4-5,8-10H2,(H2,14,16,17). The lowest BCUT2D eigenvalue weighted by Crippen LogP contribution is -2.32. The summed E-state index contributed by atoms with van der Waals surface area (Å²) in [5.41, 5.74) is 5.35. The van der Waals surface area contributed by atoms with Crippen LogP contribution in [0, 0.1) is 0 Å². The van der Waals surface area contributed by atoms with E-state index >= 15 is 0 Å². The van der Waals surface area contributed by atoms with E-state index in [9.17, 15) is 0 Å². The summed E-state index contributed by atoms with van der Waals surface area (Å²) in [5, 5.41) is 8.03. The van der Waals surface area contributed by atoms with E-state index in [1.54, 1.807) is 0 Å². The lowest BCUT2D eigenvalue weighted by Gasteiger charge is -2.07. The summed E-state index contributed by atoms with van der Waals surface area (Å²) in [7, 11) is 0. The van der Waals surface area contributed by atoms with Gasteiger partial charge in [0.25, 0.3) is 0 Å². The molecule has 1 aromatic carbocycles. The molecule has 1 fully saturated rings. The number of benzene rings is 1. The maximum Gasteiger partial charge on any atom is 0.187 e. The SMILES string of the molecule is S=C(NCc1ccccc1)NN=C1CCCC1. The molecule has 0 unspecified atom stereocenters. The highest BCUT2D eigenvalue weighted by molar-refractivity contribution is 7.80. The highest BCUT2D eigenvalue weighted by Crippen LogP contribution is 2.13. The van der Waals surface area contributed by atoms with Crippen molar-refractivity contribution in [3.63, 3.8) is 0 Å². The molecule has 1 aromatic rings. The Hall–Kier alpha value is -1.42. The number of hydrogen-bond donors (Lipinski definition) is 2. The van der Waals surface area contributed by atoms with E-state index in [0.29, 0.717) is 5.11 Å². The minimum atomic E-state index is 0.591. The largest absolute Gasteiger partial charge is 0.357 e. The summed E-state index contributed by atoms with van der Waals surface area (Å²) in [6, 6.07) is 10.2. The van der Waals surface area contributed by atoms with Crippen LogP contribution in [0.4, 0.5) is 0 Å². The van der Waals surface area contributed by atoms with Crippen molar-refractivity contribution in [2.45, 2.75) is 32.2 Å². The van der Waals surface area contributed by atoms with Gasteiger partial charge in [-0.1, -0.05) is 30.3 Å². The molecule has 0 bridgehead atoms. The molecule has 2 rings (SSSR count). The number of nitrogens with one attached hydrogen (secondary N) is 2. The van der Waals surface area contributed by atoms with Crippen LogP contribution in [0.15, 0.2) is 35.4 Å². The van der Waals surface area contributed by atoms with E-state index in [1.165, 1.54) is 24.1 Å². The van der Waals surface area contributed by atoms with Crippen molar-refractivity contribution >= 4 is 23.0 Å². The number of thiocarbonyl (C=S) groups is 1. The molecule has 0 radical (unpaired) electrons. The predicted molar refractivity (Wildman–Crippen MR) is 74.9 cm³/mol. The van der Waals surface area contributed by atoms with Crippen molar-refractivity contribution in [2.75, 3.05) is 0 Å². The van der Waals surface area contributed by atoms with Crippen LogP contribution in [0.25, 0.3) is 0 Å². The Kier molecular flexibility index (Phi) is 4.50. The molecule has 0 aliphatic heterocycles. The number of rotatable bonds is 3. The molecule has 0 heterocycles. The van der Waals surface area contributed by atoms with E-state index < -0.39 is 0 Å². The summed E-state index contributed by atoms with van der Waals surface area (Å²) in [6.07, 6.45) is 4.72. The van der Waals surface area contributed by atoms with Gasteiger partial charge >= 0.3 is 0 Å². The third kappa shape index (κ3) is 4.15. The zero-order valence-corrected chi connectivity index (χ0v) is 10.6. The number of hydrazone groups is 1. The van der Waals surface area contributed by atoms with Crippen LogP contribution in [0.1, 0.15) is 31.2 Å². The van der Waals surface area contributed by atoms with Crippen LogP contribution in [-0.2, 0) is 6.54 Å². The fraction of sp³-hybridized carbons (Fsp3) is 0.385. The van der Waals surface area contributed by atoms with Crippen LogP contribution >= 0.6 is 12.2 Å². The first-order valence-corrected chi connectivity index (χ1v) is 6.38. The van der Waals surface area contributed by atoms with Crippen LogP contribution in [0.2, 0.25) is 0 Å². The Balaban J connectivity index is 1.72. The Bertz CT molecular complexity index is 392. The Morgan fingerprint density at radius 3 is 2.59 bits per heavy atom. The minimum Gasteiger partial charge on any atom is -0.357 e. The van der Waals surface area contributed by atoms with Crippen molar-refractivity contribution in [3.05, 3.63) is 35.9 Å². The topological polar surface area (TPSA) is 36.4 Å². The average molecular weight is 247 g/mol. The molecule has 17 heavy (non-hydrogen) atoms. The van der Waals surface area contributed by atoms with Gasteiger partial charge in [-0.05, 0) is 43.5 Å². The van der Waals surface area contributed by atoms with Crippen molar-refractivity contribution in [1.82, 2.24) is 10.7 Å². The Morgan fingerprint density at radius 1 is 1.18 bits per heavy atom. The molecule has 1 aliphatic rings.